The summed E-state index contributed by atoms with van der Waals surface area (Å²) in [5.41, 5.74) is 3.28. The Hall–Kier alpha value is 0.790. The van der Waals surface area contributed by atoms with Gasteiger partial charge in [-0.05, 0) is 38.6 Å². The molecule has 38 heavy (non-hydrogen) atoms. The maximum absolute atomic E-state index is 11.4. The standard InChI is InChI=1S/C30H64N2O4S.Na.H/c1-5-9-11-13-15-16-17-19-21-23-26-31-30(25-27-37(33,34)35)29(8-4)32-36-28(7-3)24-22-20-18-14-12-10-6-2;;/h28-32H,5-27H2,1-4H3,(H,33,34,35);;/q;+1;-1. The van der Waals surface area contributed by atoms with Gasteiger partial charge in [0.05, 0.1) is 11.9 Å². The minimum absolute atomic E-state index is 0. The second-order valence-corrected chi connectivity index (χ2v) is 12.6. The van der Waals surface area contributed by atoms with E-state index in [9.17, 15) is 13.0 Å². The molecule has 0 amide bonds. The Kier molecular flexibility index (Phi) is 31.5. The predicted molar refractivity (Wildman–Crippen MR) is 161 cm³/mol. The second kappa shape index (κ2) is 29.3. The van der Waals surface area contributed by atoms with E-state index in [1.54, 1.807) is 0 Å². The van der Waals surface area contributed by atoms with Gasteiger partial charge in [-0.3, -0.25) is 9.39 Å². The van der Waals surface area contributed by atoms with Crippen LogP contribution < -0.4 is 40.4 Å². The minimum atomic E-state index is -3.98. The van der Waals surface area contributed by atoms with E-state index in [0.29, 0.717) is 6.42 Å². The number of hydrogen-bond donors (Lipinski definition) is 3. The molecule has 0 aromatic carbocycles. The van der Waals surface area contributed by atoms with E-state index in [1.165, 1.54) is 103 Å². The summed E-state index contributed by atoms with van der Waals surface area (Å²) in [4.78, 5) is 6.11. The van der Waals surface area contributed by atoms with Crippen molar-refractivity contribution in [2.75, 3.05) is 12.3 Å². The number of rotatable bonds is 29. The minimum Gasteiger partial charge on any atom is -1.00 e. The molecule has 0 aromatic rings. The third-order valence-electron chi connectivity index (χ3n) is 7.52. The molecule has 0 aromatic heterocycles. The van der Waals surface area contributed by atoms with Crippen molar-refractivity contribution in [2.45, 2.75) is 181 Å². The van der Waals surface area contributed by atoms with Crippen molar-refractivity contribution in [3.05, 3.63) is 0 Å². The first-order valence-corrected chi connectivity index (χ1v) is 17.6. The van der Waals surface area contributed by atoms with Gasteiger partial charge in [0.1, 0.15) is 0 Å². The summed E-state index contributed by atoms with van der Waals surface area (Å²) in [5, 5.41) is 3.57. The molecule has 8 heteroatoms. The maximum Gasteiger partial charge on any atom is 1.00 e. The fourth-order valence-electron chi connectivity index (χ4n) is 4.93. The Morgan fingerprint density at radius 1 is 0.658 bits per heavy atom. The van der Waals surface area contributed by atoms with Crippen LogP contribution in [-0.2, 0) is 15.0 Å². The van der Waals surface area contributed by atoms with Gasteiger partial charge in [-0.25, -0.2) is 0 Å². The Labute approximate surface area is 261 Å². The van der Waals surface area contributed by atoms with Crippen molar-refractivity contribution < 1.29 is 48.8 Å². The van der Waals surface area contributed by atoms with E-state index in [4.69, 9.17) is 4.84 Å². The molecule has 3 N–H and O–H groups in total. The van der Waals surface area contributed by atoms with Gasteiger partial charge in [0.15, 0.2) is 0 Å². The molecule has 0 spiro atoms. The summed E-state index contributed by atoms with van der Waals surface area (Å²) in [7, 11) is -3.98. The molecule has 226 valence electrons. The van der Waals surface area contributed by atoms with Crippen molar-refractivity contribution in [3.63, 3.8) is 0 Å². The fourth-order valence-corrected chi connectivity index (χ4v) is 5.48. The van der Waals surface area contributed by atoms with Crippen LogP contribution in [-0.4, -0.2) is 43.5 Å². The molecule has 0 aliphatic heterocycles. The van der Waals surface area contributed by atoms with Gasteiger partial charge in [-0.1, -0.05) is 130 Å². The van der Waals surface area contributed by atoms with Crippen molar-refractivity contribution in [2.24, 2.45) is 0 Å². The molecule has 0 aliphatic rings. The zero-order valence-electron chi connectivity index (χ0n) is 27.1. The smallest absolute Gasteiger partial charge is 1.00 e. The first-order valence-electron chi connectivity index (χ1n) is 16.0. The Bertz CT molecular complexity index is 587. The van der Waals surface area contributed by atoms with Crippen LogP contribution in [0.4, 0.5) is 0 Å². The molecule has 0 saturated carbocycles. The Morgan fingerprint density at radius 2 is 1.13 bits per heavy atom. The third kappa shape index (κ3) is 27.0. The number of unbranched alkanes of at least 4 members (excludes halogenated alkanes) is 15. The monoisotopic (exact) mass is 572 g/mol. The van der Waals surface area contributed by atoms with E-state index < -0.39 is 10.1 Å². The zero-order valence-corrected chi connectivity index (χ0v) is 28.9. The summed E-state index contributed by atoms with van der Waals surface area (Å²) in [6.45, 7) is 9.63. The molecule has 3 atom stereocenters. The topological polar surface area (TPSA) is 87.7 Å². The summed E-state index contributed by atoms with van der Waals surface area (Å²) in [6, 6.07) is -0.0467. The quantitative estimate of drug-likeness (QED) is 0.0476. The first kappa shape index (κ1) is 40.9. The molecule has 0 saturated heterocycles. The molecule has 6 nitrogen and oxygen atoms in total. The van der Waals surface area contributed by atoms with Gasteiger partial charge in [-0.2, -0.15) is 13.9 Å². The Balaban J connectivity index is -0.00000648. The molecule has 0 fully saturated rings. The van der Waals surface area contributed by atoms with Crippen LogP contribution in [0.25, 0.3) is 0 Å². The van der Waals surface area contributed by atoms with E-state index in [1.807, 2.05) is 0 Å². The van der Waals surface area contributed by atoms with E-state index in [0.717, 1.165) is 32.2 Å². The van der Waals surface area contributed by atoms with E-state index in [-0.39, 0.29) is 54.9 Å². The van der Waals surface area contributed by atoms with Gasteiger partial charge in [-0.15, -0.1) is 0 Å². The van der Waals surface area contributed by atoms with Crippen LogP contribution in [0, 0.1) is 0 Å². The molecule has 3 unspecified atom stereocenters. The van der Waals surface area contributed by atoms with Crippen LogP contribution in [0.5, 0.6) is 0 Å². The summed E-state index contributed by atoms with van der Waals surface area (Å²) in [5.74, 6) is -0.226. The largest absolute Gasteiger partial charge is 1.00 e. The van der Waals surface area contributed by atoms with Crippen molar-refractivity contribution in [3.8, 4) is 0 Å². The van der Waals surface area contributed by atoms with Crippen LogP contribution in [0.2, 0.25) is 0 Å². The van der Waals surface area contributed by atoms with E-state index >= 15 is 0 Å². The van der Waals surface area contributed by atoms with Crippen molar-refractivity contribution in [1.82, 2.24) is 10.8 Å². The number of hydroxylamine groups is 1. The van der Waals surface area contributed by atoms with Crippen LogP contribution >= 0.6 is 0 Å². The van der Waals surface area contributed by atoms with Crippen LogP contribution in [0.1, 0.15) is 164 Å². The fraction of sp³-hybridized carbons (Fsp3) is 1.00. The molecule has 0 radical (unpaired) electrons. The molecule has 0 rings (SSSR count). The summed E-state index contributed by atoms with van der Waals surface area (Å²) >= 11 is 0. The molecule has 0 aliphatic carbocycles. The molecular formula is C30H65N2NaO4S. The van der Waals surface area contributed by atoms with Gasteiger partial charge in [0, 0.05) is 12.1 Å². The Morgan fingerprint density at radius 3 is 1.58 bits per heavy atom. The molecule has 0 heterocycles. The second-order valence-electron chi connectivity index (χ2n) is 11.0. The van der Waals surface area contributed by atoms with Crippen LogP contribution in [0.15, 0.2) is 0 Å². The third-order valence-corrected chi connectivity index (χ3v) is 8.27. The summed E-state index contributed by atoms with van der Waals surface area (Å²) < 4.78 is 32.2. The average Bonchev–Trinajstić information content (AvgIpc) is 2.87. The van der Waals surface area contributed by atoms with E-state index in [2.05, 4.69) is 38.5 Å². The van der Waals surface area contributed by atoms with Gasteiger partial charge >= 0.3 is 29.6 Å². The van der Waals surface area contributed by atoms with Gasteiger partial charge in [0.25, 0.3) is 10.1 Å². The molecule has 0 bridgehead atoms. The predicted octanol–water partition coefficient (Wildman–Crippen LogP) is 5.48. The SMILES string of the molecule is CCCCCCCCCCCCNC(CCS(=O)(=O)O)C(CC)NOC(CC)CCCCCCCCC.[H-].[Na+]. The van der Waals surface area contributed by atoms with Gasteiger partial charge in [0.2, 0.25) is 0 Å². The first-order chi connectivity index (χ1) is 17.9. The van der Waals surface area contributed by atoms with Gasteiger partial charge < -0.3 is 6.74 Å². The van der Waals surface area contributed by atoms with Crippen molar-refractivity contribution >= 4 is 10.1 Å². The molecular weight excluding hydrogens is 507 g/mol. The normalized spacial score (nSPS) is 14.2. The average molecular weight is 573 g/mol. The zero-order chi connectivity index (χ0) is 27.6. The van der Waals surface area contributed by atoms with Crippen LogP contribution in [0.3, 0.4) is 0 Å². The number of nitrogens with one attached hydrogen (secondary N) is 2. The summed E-state index contributed by atoms with van der Waals surface area (Å²) in [6.07, 6.45) is 25.4. The van der Waals surface area contributed by atoms with Crippen molar-refractivity contribution in [1.29, 1.82) is 0 Å². The maximum atomic E-state index is 11.4. The number of hydrogen-bond acceptors (Lipinski definition) is 5.